The number of rotatable bonds is 3. The molecule has 1 nitrogen and oxygen atoms in total. The molecule has 0 heterocycles. The molecule has 0 fully saturated rings. The van der Waals surface area contributed by atoms with Gasteiger partial charge in [0.05, 0.1) is 0 Å². The molecule has 0 aliphatic heterocycles. The fourth-order valence-corrected chi connectivity index (χ4v) is 2.19. The van der Waals surface area contributed by atoms with E-state index >= 15 is 0 Å². The maximum Gasteiger partial charge on any atom is 0.120 e. The van der Waals surface area contributed by atoms with Crippen LogP contribution in [0.1, 0.15) is 16.7 Å². The number of hydrogen-bond acceptors (Lipinski definition) is 1. The molecule has 0 N–H and O–H groups in total. The Morgan fingerprint density at radius 2 is 1.88 bits per heavy atom. The quantitative estimate of drug-likeness (QED) is 0.750. The van der Waals surface area contributed by atoms with Crippen LogP contribution in [-0.4, -0.2) is 0 Å². The summed E-state index contributed by atoms with van der Waals surface area (Å²) in [4.78, 5) is 0. The minimum Gasteiger partial charge on any atom is -0.489 e. The van der Waals surface area contributed by atoms with E-state index in [4.69, 9.17) is 4.74 Å². The Hall–Kier alpha value is -1.03. The van der Waals surface area contributed by atoms with Gasteiger partial charge in [0.15, 0.2) is 0 Å². The molecule has 2 heteroatoms. The summed E-state index contributed by atoms with van der Waals surface area (Å²) in [5.74, 6) is 0.929. The monoisotopic (exact) mass is 338 g/mol. The van der Waals surface area contributed by atoms with E-state index in [1.807, 2.05) is 18.2 Å². The van der Waals surface area contributed by atoms with Crippen molar-refractivity contribution < 1.29 is 4.74 Å². The molecule has 2 rings (SSSR count). The highest BCUT2D eigenvalue weighted by atomic mass is 127. The van der Waals surface area contributed by atoms with Crippen LogP contribution in [0, 0.1) is 17.4 Å². The first-order chi connectivity index (χ1) is 8.15. The second-order valence-corrected chi connectivity index (χ2v) is 5.42. The molecule has 17 heavy (non-hydrogen) atoms. The summed E-state index contributed by atoms with van der Waals surface area (Å²) in [5.41, 5.74) is 3.81. The fourth-order valence-electron chi connectivity index (χ4n) is 1.67. The van der Waals surface area contributed by atoms with Gasteiger partial charge in [0, 0.05) is 3.57 Å². The van der Waals surface area contributed by atoms with E-state index in [-0.39, 0.29) is 0 Å². The summed E-state index contributed by atoms with van der Waals surface area (Å²) in [7, 11) is 0. The average molecular weight is 338 g/mol. The van der Waals surface area contributed by atoms with Crippen LogP contribution in [0.4, 0.5) is 0 Å². The maximum absolute atomic E-state index is 5.80. The summed E-state index contributed by atoms with van der Waals surface area (Å²) in [6.45, 7) is 4.86. The minimum atomic E-state index is 0.633. The Bertz CT molecular complexity index is 520. The van der Waals surface area contributed by atoms with E-state index in [0.717, 1.165) is 5.75 Å². The molecule has 0 saturated carbocycles. The van der Waals surface area contributed by atoms with Crippen LogP contribution < -0.4 is 4.74 Å². The van der Waals surface area contributed by atoms with E-state index < -0.39 is 0 Å². The van der Waals surface area contributed by atoms with Crippen LogP contribution in [0.2, 0.25) is 0 Å². The van der Waals surface area contributed by atoms with Gasteiger partial charge in [-0.15, -0.1) is 0 Å². The molecule has 2 aromatic rings. The smallest absolute Gasteiger partial charge is 0.120 e. The van der Waals surface area contributed by atoms with Crippen molar-refractivity contribution in [3.63, 3.8) is 0 Å². The van der Waals surface area contributed by atoms with Crippen LogP contribution in [0.25, 0.3) is 0 Å². The van der Waals surface area contributed by atoms with Crippen molar-refractivity contribution >= 4 is 22.6 Å². The maximum atomic E-state index is 5.80. The van der Waals surface area contributed by atoms with Gasteiger partial charge in [0.25, 0.3) is 0 Å². The molecule has 0 atom stereocenters. The van der Waals surface area contributed by atoms with Crippen molar-refractivity contribution in [3.8, 4) is 5.75 Å². The molecule has 88 valence electrons. The number of aryl methyl sites for hydroxylation is 2. The van der Waals surface area contributed by atoms with Gasteiger partial charge >= 0.3 is 0 Å². The SMILES string of the molecule is Cc1ccc(C)c(COc2cccc(I)c2)c1. The van der Waals surface area contributed by atoms with Crippen molar-refractivity contribution in [1.82, 2.24) is 0 Å². The Morgan fingerprint density at radius 1 is 1.06 bits per heavy atom. The molecule has 0 saturated heterocycles. The highest BCUT2D eigenvalue weighted by Crippen LogP contribution is 2.18. The minimum absolute atomic E-state index is 0.633. The second-order valence-electron chi connectivity index (χ2n) is 4.18. The fraction of sp³-hybridized carbons (Fsp3) is 0.200. The van der Waals surface area contributed by atoms with Gasteiger partial charge in [-0.25, -0.2) is 0 Å². The third-order valence-corrected chi connectivity index (χ3v) is 3.37. The molecule has 0 aliphatic carbocycles. The zero-order chi connectivity index (χ0) is 12.3. The topological polar surface area (TPSA) is 9.23 Å². The van der Waals surface area contributed by atoms with Crippen molar-refractivity contribution in [3.05, 3.63) is 62.7 Å². The summed E-state index contributed by atoms with van der Waals surface area (Å²) in [6, 6.07) is 14.6. The van der Waals surface area contributed by atoms with E-state index in [0.29, 0.717) is 6.61 Å². The van der Waals surface area contributed by atoms with E-state index in [1.54, 1.807) is 0 Å². The van der Waals surface area contributed by atoms with Gasteiger partial charge in [-0.3, -0.25) is 0 Å². The summed E-state index contributed by atoms with van der Waals surface area (Å²) in [6.07, 6.45) is 0. The van der Waals surface area contributed by atoms with E-state index in [9.17, 15) is 0 Å². The van der Waals surface area contributed by atoms with Crippen molar-refractivity contribution in [2.75, 3.05) is 0 Å². The number of benzene rings is 2. The first kappa shape index (κ1) is 12.4. The normalized spacial score (nSPS) is 10.3. The van der Waals surface area contributed by atoms with E-state index in [2.05, 4.69) is 60.7 Å². The van der Waals surface area contributed by atoms with Gasteiger partial charge in [0.2, 0.25) is 0 Å². The third-order valence-electron chi connectivity index (χ3n) is 2.70. The Morgan fingerprint density at radius 3 is 2.65 bits per heavy atom. The van der Waals surface area contributed by atoms with Crippen LogP contribution in [0.5, 0.6) is 5.75 Å². The molecule has 0 aliphatic rings. The van der Waals surface area contributed by atoms with Crippen molar-refractivity contribution in [2.45, 2.75) is 20.5 Å². The van der Waals surface area contributed by atoms with Gasteiger partial charge in [-0.05, 0) is 65.8 Å². The molecule has 0 unspecified atom stereocenters. The molecule has 0 bridgehead atoms. The Labute approximate surface area is 116 Å². The molecule has 0 amide bonds. The third kappa shape index (κ3) is 3.46. The molecule has 0 radical (unpaired) electrons. The molecular weight excluding hydrogens is 323 g/mol. The van der Waals surface area contributed by atoms with Gasteiger partial charge in [-0.1, -0.05) is 29.8 Å². The molecular formula is C15H15IO. The Balaban J connectivity index is 2.09. The molecule has 0 aromatic heterocycles. The standard InChI is InChI=1S/C15H15IO/c1-11-6-7-12(2)13(8-11)10-17-15-5-3-4-14(16)9-15/h3-9H,10H2,1-2H3. The molecule has 2 aromatic carbocycles. The van der Waals surface area contributed by atoms with Gasteiger partial charge < -0.3 is 4.74 Å². The van der Waals surface area contributed by atoms with Gasteiger partial charge in [0.1, 0.15) is 12.4 Å². The van der Waals surface area contributed by atoms with Crippen molar-refractivity contribution in [1.29, 1.82) is 0 Å². The lowest BCUT2D eigenvalue weighted by atomic mass is 10.1. The second kappa shape index (κ2) is 5.54. The predicted octanol–water partition coefficient (Wildman–Crippen LogP) is 4.49. The number of hydrogen-bond donors (Lipinski definition) is 0. The largest absolute Gasteiger partial charge is 0.489 e. The first-order valence-electron chi connectivity index (χ1n) is 5.59. The lowest BCUT2D eigenvalue weighted by Crippen LogP contribution is -1.98. The Kier molecular flexibility index (Phi) is 4.05. The van der Waals surface area contributed by atoms with Crippen LogP contribution >= 0.6 is 22.6 Å². The van der Waals surface area contributed by atoms with Crippen molar-refractivity contribution in [2.24, 2.45) is 0 Å². The summed E-state index contributed by atoms with van der Waals surface area (Å²) >= 11 is 2.29. The van der Waals surface area contributed by atoms with Crippen LogP contribution in [-0.2, 0) is 6.61 Å². The summed E-state index contributed by atoms with van der Waals surface area (Å²) < 4.78 is 7.00. The lowest BCUT2D eigenvalue weighted by molar-refractivity contribution is 0.305. The summed E-state index contributed by atoms with van der Waals surface area (Å²) in [5, 5.41) is 0. The number of ether oxygens (including phenoxy) is 1. The zero-order valence-electron chi connectivity index (χ0n) is 10.0. The molecule has 0 spiro atoms. The zero-order valence-corrected chi connectivity index (χ0v) is 12.2. The van der Waals surface area contributed by atoms with E-state index in [1.165, 1.54) is 20.3 Å². The lowest BCUT2D eigenvalue weighted by Gasteiger charge is -2.09. The highest BCUT2D eigenvalue weighted by molar-refractivity contribution is 14.1. The van der Waals surface area contributed by atoms with Crippen LogP contribution in [0.3, 0.4) is 0 Å². The first-order valence-corrected chi connectivity index (χ1v) is 6.67. The van der Waals surface area contributed by atoms with Gasteiger partial charge in [-0.2, -0.15) is 0 Å². The van der Waals surface area contributed by atoms with Crippen LogP contribution in [0.15, 0.2) is 42.5 Å². The average Bonchev–Trinajstić information content (AvgIpc) is 2.30. The number of halogens is 1. The highest BCUT2D eigenvalue weighted by Gasteiger charge is 2.00. The predicted molar refractivity (Wildman–Crippen MR) is 79.4 cm³/mol.